The highest BCUT2D eigenvalue weighted by Crippen LogP contribution is 2.19. The fourth-order valence-electron chi connectivity index (χ4n) is 3.15. The number of hydrogen-bond donors (Lipinski definition) is 1. The van der Waals surface area contributed by atoms with Crippen LogP contribution in [0.5, 0.6) is 0 Å². The quantitative estimate of drug-likeness (QED) is 0.853. The Balaban J connectivity index is 1.60. The lowest BCUT2D eigenvalue weighted by Crippen LogP contribution is -3.13. The van der Waals surface area contributed by atoms with Crippen LogP contribution in [0.4, 0.5) is 4.39 Å². The monoisotopic (exact) mass is 391 g/mol. The van der Waals surface area contributed by atoms with Gasteiger partial charge >= 0.3 is 0 Å². The number of amides is 1. The Morgan fingerprint density at radius 2 is 1.96 bits per heavy atom. The van der Waals surface area contributed by atoms with E-state index in [0.717, 1.165) is 19.6 Å². The lowest BCUT2D eigenvalue weighted by atomic mass is 10.1. The first-order valence-electron chi connectivity index (χ1n) is 8.16. The van der Waals surface area contributed by atoms with Crippen molar-refractivity contribution in [1.29, 1.82) is 0 Å². The summed E-state index contributed by atoms with van der Waals surface area (Å²) in [6.07, 6.45) is 0. The molecule has 2 aromatic carbocycles. The molecule has 0 aliphatic carbocycles. The van der Waals surface area contributed by atoms with Crippen LogP contribution >= 0.6 is 15.9 Å². The Hall–Kier alpha value is -1.72. The summed E-state index contributed by atoms with van der Waals surface area (Å²) in [5.41, 5.74) is 3.01. The lowest BCUT2D eigenvalue weighted by molar-refractivity contribution is -0.917. The van der Waals surface area contributed by atoms with Crippen molar-refractivity contribution in [2.75, 3.05) is 26.2 Å². The van der Waals surface area contributed by atoms with Crippen LogP contribution < -0.4 is 4.90 Å². The molecular formula is C19H21BrFN2O+. The second-order valence-corrected chi connectivity index (χ2v) is 7.19. The summed E-state index contributed by atoms with van der Waals surface area (Å²) < 4.78 is 14.1. The van der Waals surface area contributed by atoms with Gasteiger partial charge < -0.3 is 9.80 Å². The van der Waals surface area contributed by atoms with Crippen molar-refractivity contribution in [3.05, 3.63) is 69.4 Å². The number of hydrogen-bond acceptors (Lipinski definition) is 1. The number of halogens is 2. The zero-order valence-corrected chi connectivity index (χ0v) is 15.3. The molecule has 5 heteroatoms. The third-order valence-electron chi connectivity index (χ3n) is 4.45. The normalized spacial score (nSPS) is 15.5. The van der Waals surface area contributed by atoms with Gasteiger partial charge in [0.05, 0.1) is 31.7 Å². The van der Waals surface area contributed by atoms with E-state index in [9.17, 15) is 9.18 Å². The number of carbonyl (C=O) groups is 1. The summed E-state index contributed by atoms with van der Waals surface area (Å²) in [5.74, 6) is -0.485. The average molecular weight is 392 g/mol. The highest BCUT2D eigenvalue weighted by Gasteiger charge is 2.26. The zero-order chi connectivity index (χ0) is 17.1. The van der Waals surface area contributed by atoms with E-state index in [1.165, 1.54) is 28.2 Å². The van der Waals surface area contributed by atoms with Gasteiger partial charge in [-0.05, 0) is 41.1 Å². The van der Waals surface area contributed by atoms with Crippen LogP contribution in [-0.2, 0) is 6.54 Å². The smallest absolute Gasteiger partial charge is 0.255 e. The first kappa shape index (κ1) is 17.1. The maximum atomic E-state index is 13.4. The van der Waals surface area contributed by atoms with Crippen molar-refractivity contribution in [2.45, 2.75) is 13.5 Å². The van der Waals surface area contributed by atoms with E-state index in [1.807, 2.05) is 4.90 Å². The summed E-state index contributed by atoms with van der Waals surface area (Å²) in [6.45, 7) is 6.30. The summed E-state index contributed by atoms with van der Waals surface area (Å²) >= 11 is 3.34. The fraction of sp³-hybridized carbons (Fsp3) is 0.316. The van der Waals surface area contributed by atoms with Crippen LogP contribution in [0.1, 0.15) is 21.5 Å². The predicted molar refractivity (Wildman–Crippen MR) is 95.6 cm³/mol. The molecule has 3 rings (SSSR count). The van der Waals surface area contributed by atoms with Gasteiger partial charge in [0.25, 0.3) is 5.91 Å². The van der Waals surface area contributed by atoms with E-state index in [4.69, 9.17) is 0 Å². The molecule has 0 unspecified atom stereocenters. The van der Waals surface area contributed by atoms with Gasteiger partial charge in [0.15, 0.2) is 0 Å². The molecule has 1 saturated heterocycles. The standard InChI is InChI=1S/C19H20BrFN2O/c1-14-3-2-4-15(11-14)13-22-7-9-23(10-8-22)19(24)17-12-16(21)5-6-18(17)20/h2-6,11-12H,7-10,13H2,1H3/p+1. The molecular weight excluding hydrogens is 371 g/mol. The predicted octanol–water partition coefficient (Wildman–Crippen LogP) is 2.44. The number of carbonyl (C=O) groups excluding carboxylic acids is 1. The van der Waals surface area contributed by atoms with Crippen LogP contribution in [-0.4, -0.2) is 37.0 Å². The van der Waals surface area contributed by atoms with Gasteiger partial charge in [-0.15, -0.1) is 0 Å². The van der Waals surface area contributed by atoms with Crippen LogP contribution in [0.2, 0.25) is 0 Å². The maximum absolute atomic E-state index is 13.4. The Kier molecular flexibility index (Phi) is 5.31. The Labute approximate surface area is 150 Å². The minimum absolute atomic E-state index is 0.101. The minimum Gasteiger partial charge on any atom is -0.328 e. The van der Waals surface area contributed by atoms with E-state index in [2.05, 4.69) is 47.1 Å². The number of quaternary nitrogens is 1. The summed E-state index contributed by atoms with van der Waals surface area (Å²) in [5, 5.41) is 0. The molecule has 0 aromatic heterocycles. The molecule has 0 saturated carbocycles. The van der Waals surface area contributed by atoms with Crippen LogP contribution in [0.25, 0.3) is 0 Å². The molecule has 1 aliphatic rings. The molecule has 0 bridgehead atoms. The van der Waals surface area contributed by atoms with E-state index in [1.54, 1.807) is 6.07 Å². The van der Waals surface area contributed by atoms with Crippen LogP contribution in [0.3, 0.4) is 0 Å². The van der Waals surface area contributed by atoms with Crippen molar-refractivity contribution in [1.82, 2.24) is 4.90 Å². The number of nitrogens with zero attached hydrogens (tertiary/aromatic N) is 1. The molecule has 0 radical (unpaired) electrons. The van der Waals surface area contributed by atoms with Gasteiger partial charge in [-0.1, -0.05) is 29.8 Å². The molecule has 0 atom stereocenters. The van der Waals surface area contributed by atoms with Gasteiger partial charge in [-0.2, -0.15) is 0 Å². The molecule has 1 aliphatic heterocycles. The number of rotatable bonds is 3. The Morgan fingerprint density at radius 3 is 2.67 bits per heavy atom. The summed E-state index contributed by atoms with van der Waals surface area (Å²) in [7, 11) is 0. The number of piperazine rings is 1. The van der Waals surface area contributed by atoms with Gasteiger partial charge in [0.1, 0.15) is 12.4 Å². The van der Waals surface area contributed by atoms with Gasteiger partial charge in [-0.25, -0.2) is 4.39 Å². The number of nitrogens with one attached hydrogen (secondary N) is 1. The molecule has 0 spiro atoms. The van der Waals surface area contributed by atoms with Gasteiger partial charge in [0.2, 0.25) is 0 Å². The number of aryl methyl sites for hydroxylation is 1. The summed E-state index contributed by atoms with van der Waals surface area (Å²) in [4.78, 5) is 15.9. The Bertz CT molecular complexity index is 742. The highest BCUT2D eigenvalue weighted by molar-refractivity contribution is 9.10. The lowest BCUT2D eigenvalue weighted by Gasteiger charge is -2.32. The van der Waals surface area contributed by atoms with E-state index in [0.29, 0.717) is 23.1 Å². The molecule has 24 heavy (non-hydrogen) atoms. The molecule has 1 N–H and O–H groups in total. The van der Waals surface area contributed by atoms with Crippen molar-refractivity contribution in [2.24, 2.45) is 0 Å². The van der Waals surface area contributed by atoms with Crippen LogP contribution in [0, 0.1) is 12.7 Å². The largest absolute Gasteiger partial charge is 0.328 e. The molecule has 1 heterocycles. The second kappa shape index (κ2) is 7.45. The topological polar surface area (TPSA) is 24.8 Å². The molecule has 1 amide bonds. The maximum Gasteiger partial charge on any atom is 0.255 e. The van der Waals surface area contributed by atoms with Crippen molar-refractivity contribution in [3.63, 3.8) is 0 Å². The minimum atomic E-state index is -0.384. The average Bonchev–Trinajstić information content (AvgIpc) is 2.57. The van der Waals surface area contributed by atoms with E-state index >= 15 is 0 Å². The molecule has 126 valence electrons. The van der Waals surface area contributed by atoms with Crippen molar-refractivity contribution in [3.8, 4) is 0 Å². The fourth-order valence-corrected chi connectivity index (χ4v) is 3.56. The zero-order valence-electron chi connectivity index (χ0n) is 13.7. The first-order valence-corrected chi connectivity index (χ1v) is 8.95. The molecule has 3 nitrogen and oxygen atoms in total. The van der Waals surface area contributed by atoms with Crippen molar-refractivity contribution < 1.29 is 14.1 Å². The summed E-state index contributed by atoms with van der Waals surface area (Å²) in [6, 6.07) is 12.8. The van der Waals surface area contributed by atoms with Crippen LogP contribution in [0.15, 0.2) is 46.9 Å². The number of benzene rings is 2. The third-order valence-corrected chi connectivity index (χ3v) is 5.14. The first-order chi connectivity index (χ1) is 11.5. The van der Waals surface area contributed by atoms with Crippen molar-refractivity contribution >= 4 is 21.8 Å². The van der Waals surface area contributed by atoms with Gasteiger partial charge in [0, 0.05) is 10.0 Å². The second-order valence-electron chi connectivity index (χ2n) is 6.33. The van der Waals surface area contributed by atoms with Gasteiger partial charge in [-0.3, -0.25) is 4.79 Å². The SMILES string of the molecule is Cc1cccc(C[NH+]2CCN(C(=O)c3cc(F)ccc3Br)CC2)c1. The molecule has 1 fully saturated rings. The third kappa shape index (κ3) is 4.02. The van der Waals surface area contributed by atoms with E-state index in [-0.39, 0.29) is 11.7 Å². The molecule has 2 aromatic rings. The Morgan fingerprint density at radius 1 is 1.21 bits per heavy atom. The highest BCUT2D eigenvalue weighted by atomic mass is 79.9. The van der Waals surface area contributed by atoms with E-state index < -0.39 is 0 Å².